The van der Waals surface area contributed by atoms with Crippen LogP contribution in [-0.4, -0.2) is 65.5 Å². The molecule has 0 spiro atoms. The highest BCUT2D eigenvalue weighted by atomic mass is 79.9. The molecule has 0 bridgehead atoms. The molecule has 0 saturated heterocycles. The number of halogens is 3. The smallest absolute Gasteiger partial charge is 0.415 e. The standard InChI is InChI=1S/C20H26BrF2N3O4SSi/c1-32(2,3)7-6-30-12-26(18(27)28)17-25-20(10-22,14-8-13(21)4-5-15(14)23)16-9-19(16,31-17)11-24-29/h4-5,8,11,16,29H,6-7,9-10,12H2,1-3H3,(H,27,28)/b24-11+/t16-,19-,20-/m1/s1. The lowest BCUT2D eigenvalue weighted by atomic mass is 9.85. The number of nitrogens with zero attached hydrogens (tertiary/aromatic N) is 3. The predicted octanol–water partition coefficient (Wildman–Crippen LogP) is 5.37. The zero-order valence-corrected chi connectivity index (χ0v) is 21.4. The number of carboxylic acid groups (broad SMARTS) is 1. The normalized spacial score (nSPS) is 27.2. The average Bonchev–Trinajstić information content (AvgIpc) is 3.42. The number of ether oxygens (including phenoxy) is 1. The summed E-state index contributed by atoms with van der Waals surface area (Å²) in [5, 5.41) is 22.1. The van der Waals surface area contributed by atoms with Gasteiger partial charge < -0.3 is 15.1 Å². The van der Waals surface area contributed by atoms with E-state index >= 15 is 0 Å². The van der Waals surface area contributed by atoms with Gasteiger partial charge in [-0.1, -0.05) is 47.3 Å². The van der Waals surface area contributed by atoms with Gasteiger partial charge in [-0.2, -0.15) is 0 Å². The number of hydrogen-bond acceptors (Lipinski definition) is 6. The highest BCUT2D eigenvalue weighted by molar-refractivity contribution is 9.10. The summed E-state index contributed by atoms with van der Waals surface area (Å²) in [6.45, 7) is 5.60. The first-order valence-corrected chi connectivity index (χ1v) is 15.4. The van der Waals surface area contributed by atoms with Gasteiger partial charge in [-0.3, -0.25) is 0 Å². The predicted molar refractivity (Wildman–Crippen MR) is 127 cm³/mol. The number of hydrogen-bond donors (Lipinski definition) is 2. The van der Waals surface area contributed by atoms with Crippen molar-refractivity contribution in [2.45, 2.75) is 42.4 Å². The molecule has 1 amide bonds. The minimum Gasteiger partial charge on any atom is -0.465 e. The summed E-state index contributed by atoms with van der Waals surface area (Å²) < 4.78 is 34.8. The van der Waals surface area contributed by atoms with Gasteiger partial charge in [0, 0.05) is 30.6 Å². The second-order valence-electron chi connectivity index (χ2n) is 9.19. The fourth-order valence-electron chi connectivity index (χ4n) is 3.77. The van der Waals surface area contributed by atoms with Crippen molar-refractivity contribution in [3.05, 3.63) is 34.1 Å². The third-order valence-corrected chi connectivity index (χ3v) is 9.29. The van der Waals surface area contributed by atoms with Gasteiger partial charge in [0.25, 0.3) is 0 Å². The molecule has 3 rings (SSSR count). The molecule has 1 aliphatic heterocycles. The quantitative estimate of drug-likeness (QED) is 0.113. The number of amidine groups is 1. The summed E-state index contributed by atoms with van der Waals surface area (Å²) >= 11 is 4.36. The lowest BCUT2D eigenvalue weighted by Gasteiger charge is -2.36. The first-order valence-electron chi connectivity index (χ1n) is 10.1. The summed E-state index contributed by atoms with van der Waals surface area (Å²) in [6.07, 6.45) is 0.291. The largest absolute Gasteiger partial charge is 0.465 e. The zero-order valence-electron chi connectivity index (χ0n) is 18.0. The van der Waals surface area contributed by atoms with Gasteiger partial charge >= 0.3 is 6.09 Å². The van der Waals surface area contributed by atoms with Gasteiger partial charge in [0.1, 0.15) is 24.8 Å². The summed E-state index contributed by atoms with van der Waals surface area (Å²) in [5.41, 5.74) is -1.63. The first kappa shape index (κ1) is 25.1. The second-order valence-corrected chi connectivity index (χ2v) is 17.1. The maximum atomic E-state index is 14.8. The van der Waals surface area contributed by atoms with Crippen molar-refractivity contribution in [3.8, 4) is 0 Å². The van der Waals surface area contributed by atoms with Crippen LogP contribution in [0.4, 0.5) is 13.6 Å². The van der Waals surface area contributed by atoms with Crippen LogP contribution in [0.25, 0.3) is 0 Å². The van der Waals surface area contributed by atoms with Crippen molar-refractivity contribution in [2.75, 3.05) is 20.0 Å². The molecule has 7 nitrogen and oxygen atoms in total. The number of oxime groups is 1. The number of benzene rings is 1. The number of rotatable bonds is 8. The van der Waals surface area contributed by atoms with Crippen LogP contribution in [0.5, 0.6) is 0 Å². The van der Waals surface area contributed by atoms with Crippen LogP contribution >= 0.6 is 27.7 Å². The molecule has 1 heterocycles. The fourth-order valence-corrected chi connectivity index (χ4v) is 6.36. The van der Waals surface area contributed by atoms with Crippen LogP contribution in [0.3, 0.4) is 0 Å². The number of alkyl halides is 1. The lowest BCUT2D eigenvalue weighted by Crippen LogP contribution is -2.45. The molecular weight excluding hydrogens is 524 g/mol. The Kier molecular flexibility index (Phi) is 7.38. The van der Waals surface area contributed by atoms with E-state index in [-0.39, 0.29) is 17.5 Å². The van der Waals surface area contributed by atoms with Crippen molar-refractivity contribution in [1.82, 2.24) is 4.90 Å². The van der Waals surface area contributed by atoms with Crippen LogP contribution in [0.15, 0.2) is 32.8 Å². The minimum atomic E-state index is -1.65. The van der Waals surface area contributed by atoms with Crippen LogP contribution in [0.1, 0.15) is 12.0 Å². The molecule has 0 aromatic heterocycles. The van der Waals surface area contributed by atoms with E-state index in [1.807, 2.05) is 0 Å². The van der Waals surface area contributed by atoms with Crippen molar-refractivity contribution >= 4 is 53.2 Å². The molecule has 12 heteroatoms. The Labute approximate surface area is 199 Å². The maximum absolute atomic E-state index is 14.8. The van der Waals surface area contributed by atoms with Crippen molar-refractivity contribution in [3.63, 3.8) is 0 Å². The molecular formula is C20H26BrF2N3O4SSi. The van der Waals surface area contributed by atoms with Crippen LogP contribution < -0.4 is 0 Å². The van der Waals surface area contributed by atoms with Crippen molar-refractivity contribution in [2.24, 2.45) is 16.1 Å². The van der Waals surface area contributed by atoms with Crippen LogP contribution in [-0.2, 0) is 10.3 Å². The van der Waals surface area contributed by atoms with Gasteiger partial charge in [-0.25, -0.2) is 23.5 Å². The molecule has 0 unspecified atom stereocenters. The molecule has 0 radical (unpaired) electrons. The molecule has 2 N–H and O–H groups in total. The van der Waals surface area contributed by atoms with E-state index in [4.69, 9.17) is 4.74 Å². The Morgan fingerprint density at radius 3 is 2.81 bits per heavy atom. The topological polar surface area (TPSA) is 94.7 Å². The monoisotopic (exact) mass is 549 g/mol. The molecule has 1 aliphatic carbocycles. The number of carbonyl (C=O) groups is 1. The number of fused-ring (bicyclic) bond motifs is 1. The third-order valence-electron chi connectivity index (χ3n) is 5.66. The molecule has 1 saturated carbocycles. The van der Waals surface area contributed by atoms with E-state index in [0.29, 0.717) is 17.5 Å². The van der Waals surface area contributed by atoms with E-state index in [1.165, 1.54) is 24.4 Å². The van der Waals surface area contributed by atoms with E-state index < -0.39 is 42.9 Å². The Morgan fingerprint density at radius 2 is 2.22 bits per heavy atom. The Bertz CT molecular complexity index is 948. The van der Waals surface area contributed by atoms with E-state index in [0.717, 1.165) is 22.7 Å². The molecule has 1 aromatic rings. The van der Waals surface area contributed by atoms with E-state index in [9.17, 15) is 23.9 Å². The average molecular weight is 550 g/mol. The molecule has 176 valence electrons. The van der Waals surface area contributed by atoms with Gasteiger partial charge in [-0.15, -0.1) is 5.16 Å². The zero-order chi connectivity index (χ0) is 23.7. The van der Waals surface area contributed by atoms with E-state index in [1.54, 1.807) is 0 Å². The van der Waals surface area contributed by atoms with Crippen molar-refractivity contribution in [1.29, 1.82) is 0 Å². The molecule has 32 heavy (non-hydrogen) atoms. The summed E-state index contributed by atoms with van der Waals surface area (Å²) in [4.78, 5) is 17.4. The Morgan fingerprint density at radius 1 is 1.50 bits per heavy atom. The maximum Gasteiger partial charge on any atom is 0.415 e. The van der Waals surface area contributed by atoms with Crippen molar-refractivity contribution < 1.29 is 28.6 Å². The molecule has 2 aliphatic rings. The second kappa shape index (κ2) is 9.39. The highest BCUT2D eigenvalue weighted by Gasteiger charge is 2.69. The SMILES string of the molecule is C[Si](C)(C)CCOCN(C(=O)O)C1=N[C@](CF)(c2cc(Br)ccc2F)[C@@H]2C[C@]2(/C=N/O)S1. The number of amides is 1. The minimum absolute atomic E-state index is 0.0174. The van der Waals surface area contributed by atoms with E-state index in [2.05, 4.69) is 45.7 Å². The number of thioether (sulfide) groups is 1. The Balaban J connectivity index is 2.00. The molecule has 3 atom stereocenters. The van der Waals surface area contributed by atoms with Gasteiger partial charge in [0.15, 0.2) is 5.17 Å². The van der Waals surface area contributed by atoms with Crippen LogP contribution in [0, 0.1) is 11.7 Å². The summed E-state index contributed by atoms with van der Waals surface area (Å²) in [6, 6.07) is 5.02. The Hall–Kier alpha value is -1.50. The summed E-state index contributed by atoms with van der Waals surface area (Å²) in [7, 11) is -1.37. The molecule has 1 fully saturated rings. The van der Waals surface area contributed by atoms with Crippen LogP contribution in [0.2, 0.25) is 25.7 Å². The third kappa shape index (κ3) is 5.02. The fraction of sp³-hybridized carbons (Fsp3) is 0.550. The lowest BCUT2D eigenvalue weighted by molar-refractivity contribution is 0.0700. The van der Waals surface area contributed by atoms with Gasteiger partial charge in [0.2, 0.25) is 0 Å². The number of aliphatic imine (C=N–C) groups is 1. The molecule has 1 aromatic carbocycles. The summed E-state index contributed by atoms with van der Waals surface area (Å²) in [5.74, 6) is -1.15. The highest BCUT2D eigenvalue weighted by Crippen LogP contribution is 2.66. The van der Waals surface area contributed by atoms with Gasteiger partial charge in [0.05, 0.1) is 11.0 Å². The first-order chi connectivity index (χ1) is 15.0. The van der Waals surface area contributed by atoms with Gasteiger partial charge in [-0.05, 0) is 30.7 Å².